The summed E-state index contributed by atoms with van der Waals surface area (Å²) in [5, 5.41) is 10.3. The minimum Gasteiger partial charge on any atom is -0.508 e. The maximum Gasteiger partial charge on any atom is 0.231 e. The van der Waals surface area contributed by atoms with E-state index >= 15 is 0 Å². The summed E-state index contributed by atoms with van der Waals surface area (Å²) in [4.78, 5) is 12.2. The van der Waals surface area contributed by atoms with Crippen LogP contribution in [0.15, 0.2) is 42.2 Å². The molecule has 1 N–H and O–H groups in total. The number of allylic oxidation sites excluding steroid dienone is 1. The van der Waals surface area contributed by atoms with Crippen LogP contribution >= 0.6 is 23.2 Å². The smallest absolute Gasteiger partial charge is 0.231 e. The molecule has 1 aliphatic heterocycles. The topological polar surface area (TPSA) is 46.5 Å². The number of phenolic OH excluding ortho intramolecular Hbond substituents is 1. The standard InChI is InChI=1S/C15H8Cl2O3/c16-11-2-1-3-12(17)10(11)7-14-15(19)9-5-4-8(18)6-13(9)20-14/h1-7,18H. The highest BCUT2D eigenvalue weighted by Crippen LogP contribution is 2.36. The van der Waals surface area contributed by atoms with Crippen LogP contribution in [0.5, 0.6) is 11.5 Å². The highest BCUT2D eigenvalue weighted by atomic mass is 35.5. The molecule has 100 valence electrons. The minimum atomic E-state index is -0.268. The van der Waals surface area contributed by atoms with E-state index in [2.05, 4.69) is 0 Å². The molecule has 0 aliphatic carbocycles. The Labute approximate surface area is 125 Å². The van der Waals surface area contributed by atoms with Crippen LogP contribution in [0.25, 0.3) is 6.08 Å². The summed E-state index contributed by atoms with van der Waals surface area (Å²) >= 11 is 12.1. The van der Waals surface area contributed by atoms with Crippen LogP contribution in [0.3, 0.4) is 0 Å². The molecule has 0 saturated carbocycles. The Bertz CT molecular complexity index is 731. The number of aromatic hydroxyl groups is 1. The van der Waals surface area contributed by atoms with Gasteiger partial charge >= 0.3 is 0 Å². The van der Waals surface area contributed by atoms with Crippen molar-refractivity contribution in [1.29, 1.82) is 0 Å². The van der Waals surface area contributed by atoms with Crippen molar-refractivity contribution in [1.82, 2.24) is 0 Å². The number of halogens is 2. The van der Waals surface area contributed by atoms with Gasteiger partial charge in [0.05, 0.1) is 5.56 Å². The van der Waals surface area contributed by atoms with E-state index in [9.17, 15) is 9.90 Å². The monoisotopic (exact) mass is 306 g/mol. The molecule has 2 aromatic rings. The van der Waals surface area contributed by atoms with Gasteiger partial charge in [-0.15, -0.1) is 0 Å². The maximum atomic E-state index is 12.2. The zero-order valence-corrected chi connectivity index (χ0v) is 11.6. The van der Waals surface area contributed by atoms with Gasteiger partial charge in [0, 0.05) is 21.7 Å². The van der Waals surface area contributed by atoms with Gasteiger partial charge in [0.15, 0.2) is 5.76 Å². The highest BCUT2D eigenvalue weighted by Gasteiger charge is 2.27. The third kappa shape index (κ3) is 2.15. The molecule has 3 nitrogen and oxygen atoms in total. The molecule has 2 aromatic carbocycles. The van der Waals surface area contributed by atoms with Gasteiger partial charge in [-0.05, 0) is 30.3 Å². The van der Waals surface area contributed by atoms with Crippen molar-refractivity contribution in [2.24, 2.45) is 0 Å². The van der Waals surface area contributed by atoms with E-state index in [1.54, 1.807) is 18.2 Å². The summed E-state index contributed by atoms with van der Waals surface area (Å²) in [5.74, 6) is 0.217. The fourth-order valence-electron chi connectivity index (χ4n) is 1.96. The van der Waals surface area contributed by atoms with Crippen LogP contribution in [0.4, 0.5) is 0 Å². The second kappa shape index (κ2) is 4.85. The Morgan fingerprint density at radius 1 is 1.10 bits per heavy atom. The summed E-state index contributed by atoms with van der Waals surface area (Å²) in [6.07, 6.45) is 1.50. The molecular formula is C15H8Cl2O3. The molecule has 0 atom stereocenters. The number of hydrogen-bond donors (Lipinski definition) is 1. The van der Waals surface area contributed by atoms with Crippen LogP contribution < -0.4 is 4.74 Å². The number of rotatable bonds is 1. The Morgan fingerprint density at radius 3 is 2.50 bits per heavy atom. The first-order valence-corrected chi connectivity index (χ1v) is 6.53. The fourth-order valence-corrected chi connectivity index (χ4v) is 2.46. The number of phenols is 1. The maximum absolute atomic E-state index is 12.2. The molecule has 0 bridgehead atoms. The third-order valence-corrected chi connectivity index (χ3v) is 3.59. The van der Waals surface area contributed by atoms with Gasteiger partial charge in [-0.25, -0.2) is 0 Å². The Kier molecular flexibility index (Phi) is 3.16. The second-order valence-corrected chi connectivity index (χ2v) is 5.07. The van der Waals surface area contributed by atoms with Crippen molar-refractivity contribution in [3.8, 4) is 11.5 Å². The molecule has 0 fully saturated rings. The minimum absolute atomic E-state index is 0.0357. The average Bonchev–Trinajstić information content (AvgIpc) is 2.70. The van der Waals surface area contributed by atoms with Crippen LogP contribution in [-0.2, 0) is 0 Å². The Morgan fingerprint density at radius 2 is 1.80 bits per heavy atom. The Hall–Kier alpha value is -1.97. The van der Waals surface area contributed by atoms with Gasteiger partial charge < -0.3 is 9.84 Å². The quantitative estimate of drug-likeness (QED) is 0.798. The number of Topliss-reactive ketones (excluding diaryl/α,β-unsaturated/α-hetero) is 1. The lowest BCUT2D eigenvalue weighted by Gasteiger charge is -2.03. The van der Waals surface area contributed by atoms with Gasteiger partial charge in [-0.1, -0.05) is 29.3 Å². The predicted molar refractivity (Wildman–Crippen MR) is 77.5 cm³/mol. The molecule has 0 aromatic heterocycles. The molecule has 0 unspecified atom stereocenters. The fraction of sp³-hybridized carbons (Fsp3) is 0. The van der Waals surface area contributed by atoms with E-state index in [0.29, 0.717) is 26.9 Å². The lowest BCUT2D eigenvalue weighted by molar-refractivity contribution is 0.101. The van der Waals surface area contributed by atoms with Crippen LogP contribution in [-0.4, -0.2) is 10.9 Å². The Balaban J connectivity index is 2.06. The van der Waals surface area contributed by atoms with Crippen molar-refractivity contribution in [3.63, 3.8) is 0 Å². The van der Waals surface area contributed by atoms with Crippen LogP contribution in [0, 0.1) is 0 Å². The number of ether oxygens (including phenoxy) is 1. The van der Waals surface area contributed by atoms with Gasteiger partial charge in [-0.2, -0.15) is 0 Å². The lowest BCUT2D eigenvalue weighted by atomic mass is 10.1. The van der Waals surface area contributed by atoms with Crippen LogP contribution in [0.1, 0.15) is 15.9 Å². The van der Waals surface area contributed by atoms with E-state index < -0.39 is 0 Å². The van der Waals surface area contributed by atoms with Gasteiger partial charge in [-0.3, -0.25) is 4.79 Å². The van der Waals surface area contributed by atoms with Crippen molar-refractivity contribution in [3.05, 3.63) is 63.3 Å². The molecule has 1 heterocycles. The van der Waals surface area contributed by atoms with Crippen molar-refractivity contribution < 1.29 is 14.6 Å². The van der Waals surface area contributed by atoms with Gasteiger partial charge in [0.25, 0.3) is 0 Å². The van der Waals surface area contributed by atoms with E-state index in [4.69, 9.17) is 27.9 Å². The molecule has 0 radical (unpaired) electrons. The molecule has 5 heteroatoms. The molecule has 20 heavy (non-hydrogen) atoms. The third-order valence-electron chi connectivity index (χ3n) is 2.93. The largest absolute Gasteiger partial charge is 0.508 e. The van der Waals surface area contributed by atoms with E-state index in [-0.39, 0.29) is 17.3 Å². The second-order valence-electron chi connectivity index (χ2n) is 4.26. The van der Waals surface area contributed by atoms with Crippen molar-refractivity contribution >= 4 is 35.1 Å². The predicted octanol–water partition coefficient (Wildman–Crippen LogP) is 4.32. The summed E-state index contributed by atoms with van der Waals surface area (Å²) in [6.45, 7) is 0. The summed E-state index contributed by atoms with van der Waals surface area (Å²) in [5.41, 5.74) is 0.924. The molecule has 0 amide bonds. The molecule has 0 saturated heterocycles. The first-order valence-electron chi connectivity index (χ1n) is 5.77. The number of carbonyl (C=O) groups is 1. The van der Waals surface area contributed by atoms with Gasteiger partial charge in [0.2, 0.25) is 5.78 Å². The average molecular weight is 307 g/mol. The van der Waals surface area contributed by atoms with E-state index in [1.807, 2.05) is 0 Å². The lowest BCUT2D eigenvalue weighted by Crippen LogP contribution is -1.98. The summed E-state index contributed by atoms with van der Waals surface area (Å²) in [6, 6.07) is 9.42. The number of ketones is 1. The van der Waals surface area contributed by atoms with Crippen molar-refractivity contribution in [2.45, 2.75) is 0 Å². The first kappa shape index (κ1) is 13.0. The molecule has 0 spiro atoms. The zero-order valence-electron chi connectivity index (χ0n) is 10.1. The number of hydrogen-bond acceptors (Lipinski definition) is 3. The number of fused-ring (bicyclic) bond motifs is 1. The van der Waals surface area contributed by atoms with Gasteiger partial charge in [0.1, 0.15) is 11.5 Å². The molecular weight excluding hydrogens is 299 g/mol. The van der Waals surface area contributed by atoms with E-state index in [0.717, 1.165) is 0 Å². The van der Waals surface area contributed by atoms with Crippen molar-refractivity contribution in [2.75, 3.05) is 0 Å². The SMILES string of the molecule is O=C1C(=Cc2c(Cl)cccc2Cl)Oc2cc(O)ccc21. The summed E-state index contributed by atoms with van der Waals surface area (Å²) in [7, 11) is 0. The van der Waals surface area contributed by atoms with Crippen LogP contribution in [0.2, 0.25) is 10.0 Å². The zero-order chi connectivity index (χ0) is 14.3. The number of benzene rings is 2. The normalized spacial score (nSPS) is 15.3. The highest BCUT2D eigenvalue weighted by molar-refractivity contribution is 6.37. The summed E-state index contributed by atoms with van der Waals surface area (Å²) < 4.78 is 5.45. The molecule has 1 aliphatic rings. The molecule has 3 rings (SSSR count). The first-order chi connectivity index (χ1) is 9.56. The van der Waals surface area contributed by atoms with E-state index in [1.165, 1.54) is 24.3 Å². The number of carbonyl (C=O) groups excluding carboxylic acids is 1.